The molecule has 3 nitrogen and oxygen atoms in total. The van der Waals surface area contributed by atoms with E-state index < -0.39 is 5.41 Å². The highest BCUT2D eigenvalue weighted by molar-refractivity contribution is 6.11. The van der Waals surface area contributed by atoms with Crippen LogP contribution in [0.3, 0.4) is 0 Å². The number of nitrogens with zero attached hydrogens (tertiary/aromatic N) is 2. The lowest BCUT2D eigenvalue weighted by Crippen LogP contribution is -2.30. The molecule has 0 radical (unpaired) electrons. The summed E-state index contributed by atoms with van der Waals surface area (Å²) in [6.07, 6.45) is 8.48. The van der Waals surface area contributed by atoms with Crippen molar-refractivity contribution in [2.75, 3.05) is 0 Å². The van der Waals surface area contributed by atoms with Crippen LogP contribution in [0.15, 0.2) is 175 Å². The van der Waals surface area contributed by atoms with E-state index in [-0.39, 0.29) is 0 Å². The number of fused-ring (bicyclic) bond motifs is 15. The SMILES string of the molecule is C1=Cc2ccc(-c3ccc4c(c3)c3ccncc3n4-c3ccccc3)cc2C2(c3ccccc31)c1ccccc1-c1cc3oc4ccccc4c3cc12. The summed E-state index contributed by atoms with van der Waals surface area (Å²) in [6, 6.07) is 57.8. The van der Waals surface area contributed by atoms with Crippen LogP contribution in [0.2, 0.25) is 0 Å². The lowest BCUT2D eigenvalue weighted by atomic mass is 9.65. The lowest BCUT2D eigenvalue weighted by molar-refractivity contribution is 0.668. The van der Waals surface area contributed by atoms with Crippen molar-refractivity contribution in [3.8, 4) is 27.9 Å². The molecule has 0 saturated carbocycles. The van der Waals surface area contributed by atoms with Crippen molar-refractivity contribution in [3.63, 3.8) is 0 Å². The van der Waals surface area contributed by atoms with Gasteiger partial charge in [0.2, 0.25) is 0 Å². The summed E-state index contributed by atoms with van der Waals surface area (Å²) in [5, 5.41) is 4.69. The van der Waals surface area contributed by atoms with E-state index in [0.29, 0.717) is 0 Å². The first kappa shape index (κ1) is 28.7. The highest BCUT2D eigenvalue weighted by Gasteiger charge is 2.49. The zero-order valence-corrected chi connectivity index (χ0v) is 28.6. The highest BCUT2D eigenvalue weighted by Crippen LogP contribution is 2.60. The Morgan fingerprint density at radius 3 is 2.13 bits per heavy atom. The summed E-state index contributed by atoms with van der Waals surface area (Å²) in [5.74, 6) is 0. The number of pyridine rings is 1. The van der Waals surface area contributed by atoms with Crippen LogP contribution < -0.4 is 0 Å². The molecule has 2 aliphatic carbocycles. The third-order valence-corrected chi connectivity index (χ3v) is 11.7. The van der Waals surface area contributed by atoms with Gasteiger partial charge in [-0.3, -0.25) is 4.98 Å². The maximum absolute atomic E-state index is 6.49. The number of aromatic nitrogens is 2. The fourth-order valence-electron chi connectivity index (χ4n) is 9.49. The van der Waals surface area contributed by atoms with Gasteiger partial charge in [-0.15, -0.1) is 0 Å². The van der Waals surface area contributed by atoms with E-state index in [2.05, 4.69) is 173 Å². The number of hydrogen-bond acceptors (Lipinski definition) is 2. The van der Waals surface area contributed by atoms with Gasteiger partial charge in [0.1, 0.15) is 11.2 Å². The van der Waals surface area contributed by atoms with Crippen LogP contribution in [0.25, 0.3) is 83.8 Å². The molecule has 3 heteroatoms. The van der Waals surface area contributed by atoms with Gasteiger partial charge in [0.05, 0.1) is 22.6 Å². The van der Waals surface area contributed by atoms with Crippen LogP contribution in [0, 0.1) is 0 Å². The lowest BCUT2D eigenvalue weighted by Gasteiger charge is -2.35. The van der Waals surface area contributed by atoms with Crippen molar-refractivity contribution in [1.29, 1.82) is 0 Å². The van der Waals surface area contributed by atoms with Crippen LogP contribution in [-0.4, -0.2) is 9.55 Å². The minimum Gasteiger partial charge on any atom is -0.456 e. The predicted molar refractivity (Wildman–Crippen MR) is 218 cm³/mol. The molecule has 2 aliphatic rings. The Balaban J connectivity index is 1.16. The van der Waals surface area contributed by atoms with E-state index in [1.807, 2.05) is 18.5 Å². The fourth-order valence-corrected chi connectivity index (χ4v) is 9.49. The minimum absolute atomic E-state index is 0.553. The first-order chi connectivity index (χ1) is 26.3. The van der Waals surface area contributed by atoms with Gasteiger partial charge >= 0.3 is 0 Å². The van der Waals surface area contributed by atoms with E-state index in [9.17, 15) is 0 Å². The standard InChI is InChI=1S/C50H30N2O/c1-2-11-35(12-3-1)52-46-23-22-33(26-40(46)37-24-25-51-30-47(37)52)34-21-20-32-19-18-31-10-4-7-15-42(31)50(44(32)27-34)43-16-8-5-13-36(43)39-29-49-41(28-45(39)50)38-14-6-9-17-48(38)53-49/h1-30H. The van der Waals surface area contributed by atoms with E-state index in [4.69, 9.17) is 4.42 Å². The second kappa shape index (κ2) is 10.5. The molecule has 1 atom stereocenters. The summed E-state index contributed by atoms with van der Waals surface area (Å²) in [6.45, 7) is 0. The van der Waals surface area contributed by atoms with E-state index >= 15 is 0 Å². The molecule has 0 bridgehead atoms. The molecule has 10 aromatic rings. The maximum atomic E-state index is 6.49. The van der Waals surface area contributed by atoms with Crippen LogP contribution in [0.5, 0.6) is 0 Å². The highest BCUT2D eigenvalue weighted by atomic mass is 16.3. The fraction of sp³-hybridized carbons (Fsp3) is 0.0200. The van der Waals surface area contributed by atoms with Gasteiger partial charge in [-0.25, -0.2) is 0 Å². The van der Waals surface area contributed by atoms with Gasteiger partial charge in [0.25, 0.3) is 0 Å². The normalized spacial score (nSPS) is 15.5. The van der Waals surface area contributed by atoms with Gasteiger partial charge < -0.3 is 8.98 Å². The molecule has 0 saturated heterocycles. The molecule has 0 N–H and O–H groups in total. The van der Waals surface area contributed by atoms with Crippen LogP contribution >= 0.6 is 0 Å². The number of hydrogen-bond donors (Lipinski definition) is 0. The van der Waals surface area contributed by atoms with Crippen LogP contribution in [0.1, 0.15) is 33.4 Å². The monoisotopic (exact) mass is 674 g/mol. The first-order valence-electron chi connectivity index (χ1n) is 18.2. The summed E-state index contributed by atoms with van der Waals surface area (Å²) in [7, 11) is 0. The third-order valence-electron chi connectivity index (χ3n) is 11.7. The summed E-state index contributed by atoms with van der Waals surface area (Å²) in [4.78, 5) is 4.53. The van der Waals surface area contributed by atoms with E-state index in [1.54, 1.807) is 0 Å². The second-order valence-electron chi connectivity index (χ2n) is 14.3. The second-order valence-corrected chi connectivity index (χ2v) is 14.3. The molecule has 12 rings (SSSR count). The van der Waals surface area contributed by atoms with Gasteiger partial charge in [-0.05, 0) is 110 Å². The van der Waals surface area contributed by atoms with Gasteiger partial charge in [-0.2, -0.15) is 0 Å². The predicted octanol–water partition coefficient (Wildman–Crippen LogP) is 12.6. The molecule has 0 fully saturated rings. The molecular formula is C50H30N2O. The molecule has 1 spiro atoms. The Morgan fingerprint density at radius 1 is 0.453 bits per heavy atom. The molecule has 3 aromatic heterocycles. The summed E-state index contributed by atoms with van der Waals surface area (Å²) >= 11 is 0. The quantitative estimate of drug-likeness (QED) is 0.183. The third kappa shape index (κ3) is 3.80. The van der Waals surface area contributed by atoms with E-state index in [1.165, 1.54) is 71.9 Å². The Labute approximate surface area is 305 Å². The van der Waals surface area contributed by atoms with Crippen molar-refractivity contribution in [2.24, 2.45) is 0 Å². The van der Waals surface area contributed by atoms with Crippen molar-refractivity contribution >= 4 is 55.9 Å². The summed E-state index contributed by atoms with van der Waals surface area (Å²) < 4.78 is 8.81. The van der Waals surface area contributed by atoms with Crippen molar-refractivity contribution < 1.29 is 4.42 Å². The zero-order chi connectivity index (χ0) is 34.7. The average molecular weight is 675 g/mol. The molecule has 1 unspecified atom stereocenters. The number of rotatable bonds is 2. The maximum Gasteiger partial charge on any atom is 0.136 e. The molecule has 7 aromatic carbocycles. The smallest absolute Gasteiger partial charge is 0.136 e. The largest absolute Gasteiger partial charge is 0.456 e. The van der Waals surface area contributed by atoms with Crippen LogP contribution in [0.4, 0.5) is 0 Å². The van der Waals surface area contributed by atoms with Crippen LogP contribution in [-0.2, 0) is 5.41 Å². The number of para-hydroxylation sites is 2. The average Bonchev–Trinajstić information content (AvgIpc) is 3.81. The Bertz CT molecular complexity index is 3180. The first-order valence-corrected chi connectivity index (χ1v) is 18.2. The Morgan fingerprint density at radius 2 is 1.21 bits per heavy atom. The molecule has 3 heterocycles. The van der Waals surface area contributed by atoms with E-state index in [0.717, 1.165) is 33.1 Å². The zero-order valence-electron chi connectivity index (χ0n) is 28.6. The Hall–Kier alpha value is -6.97. The Kier molecular flexibility index (Phi) is 5.70. The molecule has 246 valence electrons. The topological polar surface area (TPSA) is 31.0 Å². The minimum atomic E-state index is -0.553. The van der Waals surface area contributed by atoms with Crippen molar-refractivity contribution in [1.82, 2.24) is 9.55 Å². The molecule has 0 amide bonds. The number of furan rings is 1. The number of benzene rings is 7. The van der Waals surface area contributed by atoms with Gasteiger partial charge in [0, 0.05) is 33.4 Å². The van der Waals surface area contributed by atoms with Crippen molar-refractivity contribution in [2.45, 2.75) is 5.41 Å². The molecule has 0 aliphatic heterocycles. The molecular weight excluding hydrogens is 645 g/mol. The molecule has 53 heavy (non-hydrogen) atoms. The summed E-state index contributed by atoms with van der Waals surface area (Å²) in [5.41, 5.74) is 17.2. The van der Waals surface area contributed by atoms with Gasteiger partial charge in [0.15, 0.2) is 0 Å². The van der Waals surface area contributed by atoms with Crippen molar-refractivity contribution in [3.05, 3.63) is 203 Å². The van der Waals surface area contributed by atoms with Gasteiger partial charge in [-0.1, -0.05) is 115 Å².